The summed E-state index contributed by atoms with van der Waals surface area (Å²) in [6, 6.07) is 7.68. The minimum absolute atomic E-state index is 0.0769. The second-order valence-corrected chi connectivity index (χ2v) is 8.14. The summed E-state index contributed by atoms with van der Waals surface area (Å²) in [7, 11) is 0. The van der Waals surface area contributed by atoms with Crippen LogP contribution in [0.15, 0.2) is 27.4 Å². The van der Waals surface area contributed by atoms with E-state index in [1.807, 2.05) is 37.5 Å². The number of nitrogens with zero attached hydrogens (tertiary/aromatic N) is 4. The smallest absolute Gasteiger partial charge is 0.250 e. The van der Waals surface area contributed by atoms with E-state index in [9.17, 15) is 10.1 Å². The van der Waals surface area contributed by atoms with Crippen molar-refractivity contribution in [2.24, 2.45) is 5.92 Å². The molecule has 2 aliphatic rings. The molecular formula is C19H22N4O2. The zero-order valence-corrected chi connectivity index (χ0v) is 14.8. The average Bonchev–Trinajstić information content (AvgIpc) is 3.00. The zero-order valence-electron chi connectivity index (χ0n) is 14.8. The number of piperidine rings is 1. The van der Waals surface area contributed by atoms with Crippen LogP contribution in [0.5, 0.6) is 0 Å². The van der Waals surface area contributed by atoms with Gasteiger partial charge < -0.3 is 13.9 Å². The minimum Gasteiger partial charge on any atom is -0.423 e. The number of pyridine rings is 1. The maximum absolute atomic E-state index is 12.1. The number of rotatable bonds is 1. The highest BCUT2D eigenvalue weighted by Crippen LogP contribution is 2.38. The number of fused-ring (bicyclic) bond motifs is 4. The molecule has 2 bridgehead atoms. The van der Waals surface area contributed by atoms with Gasteiger partial charge in [0.2, 0.25) is 17.5 Å². The minimum atomic E-state index is -0.241. The van der Waals surface area contributed by atoms with Gasteiger partial charge in [-0.05, 0) is 18.4 Å². The molecule has 4 rings (SSSR count). The van der Waals surface area contributed by atoms with Gasteiger partial charge in [-0.1, -0.05) is 26.8 Å². The van der Waals surface area contributed by atoms with Crippen LogP contribution in [0, 0.1) is 17.2 Å². The first-order valence-corrected chi connectivity index (χ1v) is 8.73. The third-order valence-corrected chi connectivity index (χ3v) is 5.12. The molecule has 0 saturated carbocycles. The number of anilines is 1. The van der Waals surface area contributed by atoms with Crippen LogP contribution >= 0.6 is 0 Å². The Morgan fingerprint density at radius 1 is 1.28 bits per heavy atom. The fourth-order valence-electron chi connectivity index (χ4n) is 3.98. The molecule has 2 aromatic heterocycles. The Morgan fingerprint density at radius 3 is 2.80 bits per heavy atom. The molecule has 2 aromatic rings. The quantitative estimate of drug-likeness (QED) is 0.799. The van der Waals surface area contributed by atoms with Crippen LogP contribution in [-0.4, -0.2) is 22.6 Å². The van der Waals surface area contributed by atoms with Gasteiger partial charge in [0.1, 0.15) is 6.07 Å². The Bertz CT molecular complexity index is 913. The van der Waals surface area contributed by atoms with Gasteiger partial charge in [0.25, 0.3) is 5.56 Å². The molecule has 25 heavy (non-hydrogen) atoms. The topological polar surface area (TPSA) is 75.1 Å². The molecule has 2 unspecified atom stereocenters. The SMILES string of the molecule is CC(C)(C)c1nc(C#N)c(N2CC3CC(C2)c2cccc(=O)n2C3)o1. The van der Waals surface area contributed by atoms with E-state index in [4.69, 9.17) is 4.42 Å². The molecule has 1 saturated heterocycles. The normalized spacial score (nSPS) is 22.4. The molecule has 6 nitrogen and oxygen atoms in total. The predicted molar refractivity (Wildman–Crippen MR) is 93.7 cm³/mol. The van der Waals surface area contributed by atoms with Crippen LogP contribution in [0.1, 0.15) is 50.4 Å². The Morgan fingerprint density at radius 2 is 2.08 bits per heavy atom. The number of aromatic nitrogens is 2. The summed E-state index contributed by atoms with van der Waals surface area (Å²) in [5.41, 5.74) is 1.28. The summed E-state index contributed by atoms with van der Waals surface area (Å²) < 4.78 is 7.92. The molecule has 130 valence electrons. The van der Waals surface area contributed by atoms with Crippen molar-refractivity contribution in [3.63, 3.8) is 0 Å². The molecule has 0 spiro atoms. The molecule has 2 aliphatic heterocycles. The first kappa shape index (κ1) is 15.9. The molecular weight excluding hydrogens is 316 g/mol. The fraction of sp³-hybridized carbons (Fsp3) is 0.526. The lowest BCUT2D eigenvalue weighted by Gasteiger charge is -2.42. The van der Waals surface area contributed by atoms with Crippen molar-refractivity contribution < 1.29 is 4.42 Å². The van der Waals surface area contributed by atoms with Crippen molar-refractivity contribution in [3.8, 4) is 6.07 Å². The Labute approximate surface area is 146 Å². The Kier molecular flexibility index (Phi) is 3.50. The highest BCUT2D eigenvalue weighted by Gasteiger charge is 2.37. The second-order valence-electron chi connectivity index (χ2n) is 8.14. The van der Waals surface area contributed by atoms with Crippen molar-refractivity contribution in [2.45, 2.75) is 45.1 Å². The maximum atomic E-state index is 12.1. The van der Waals surface area contributed by atoms with Crippen LogP contribution in [0.4, 0.5) is 5.88 Å². The van der Waals surface area contributed by atoms with Gasteiger partial charge in [0.15, 0.2) is 0 Å². The molecule has 4 heterocycles. The van der Waals surface area contributed by atoms with Crippen LogP contribution in [0.2, 0.25) is 0 Å². The average molecular weight is 338 g/mol. The highest BCUT2D eigenvalue weighted by atomic mass is 16.4. The first-order valence-electron chi connectivity index (χ1n) is 8.73. The monoisotopic (exact) mass is 338 g/mol. The van der Waals surface area contributed by atoms with Crippen LogP contribution in [0.3, 0.4) is 0 Å². The molecule has 2 atom stereocenters. The van der Waals surface area contributed by atoms with Crippen molar-refractivity contribution in [1.82, 2.24) is 9.55 Å². The van der Waals surface area contributed by atoms with Crippen LogP contribution in [-0.2, 0) is 12.0 Å². The largest absolute Gasteiger partial charge is 0.423 e. The standard InChI is InChI=1S/C19H22N4O2/c1-19(2,3)18-21-14(8-20)17(25-18)22-9-12-7-13(11-22)15-5-4-6-16(24)23(15)10-12/h4-6,12-13H,7,9-11H2,1-3H3. The lowest BCUT2D eigenvalue weighted by molar-refractivity contribution is 0.272. The number of hydrogen-bond acceptors (Lipinski definition) is 5. The van der Waals surface area contributed by atoms with Gasteiger partial charge in [-0.3, -0.25) is 4.79 Å². The lowest BCUT2D eigenvalue weighted by atomic mass is 9.83. The van der Waals surface area contributed by atoms with Gasteiger partial charge >= 0.3 is 0 Å². The van der Waals surface area contributed by atoms with Gasteiger partial charge in [0.05, 0.1) is 0 Å². The van der Waals surface area contributed by atoms with E-state index in [-0.39, 0.29) is 16.9 Å². The number of nitriles is 1. The van der Waals surface area contributed by atoms with Gasteiger partial charge in [-0.25, -0.2) is 0 Å². The molecule has 1 fully saturated rings. The van der Waals surface area contributed by atoms with Crippen molar-refractivity contribution >= 4 is 5.88 Å². The van der Waals surface area contributed by atoms with E-state index < -0.39 is 0 Å². The highest BCUT2D eigenvalue weighted by molar-refractivity contribution is 5.49. The van der Waals surface area contributed by atoms with Crippen LogP contribution < -0.4 is 10.5 Å². The summed E-state index contributed by atoms with van der Waals surface area (Å²) in [6.07, 6.45) is 1.07. The molecule has 0 aliphatic carbocycles. The van der Waals surface area contributed by atoms with Crippen molar-refractivity contribution in [1.29, 1.82) is 5.26 Å². The molecule has 0 amide bonds. The van der Waals surface area contributed by atoms with E-state index in [0.717, 1.165) is 31.7 Å². The summed E-state index contributed by atoms with van der Waals surface area (Å²) in [5.74, 6) is 1.82. The number of hydrogen-bond donors (Lipinski definition) is 0. The number of oxazole rings is 1. The summed E-state index contributed by atoms with van der Waals surface area (Å²) in [4.78, 5) is 18.7. The second kappa shape index (κ2) is 5.48. The van der Waals surface area contributed by atoms with E-state index >= 15 is 0 Å². The lowest BCUT2D eigenvalue weighted by Crippen LogP contribution is -2.47. The zero-order chi connectivity index (χ0) is 17.8. The van der Waals surface area contributed by atoms with Crippen molar-refractivity contribution in [3.05, 3.63) is 45.8 Å². The molecule has 6 heteroatoms. The Balaban J connectivity index is 1.71. The molecule has 0 radical (unpaired) electrons. The fourth-order valence-corrected chi connectivity index (χ4v) is 3.98. The summed E-state index contributed by atoms with van der Waals surface area (Å²) in [5, 5.41) is 9.48. The molecule has 0 aromatic carbocycles. The molecule has 0 N–H and O–H groups in total. The van der Waals surface area contributed by atoms with Crippen molar-refractivity contribution in [2.75, 3.05) is 18.0 Å². The maximum Gasteiger partial charge on any atom is 0.250 e. The predicted octanol–water partition coefficient (Wildman–Crippen LogP) is 2.63. The van der Waals surface area contributed by atoms with Gasteiger partial charge in [0, 0.05) is 42.7 Å². The summed E-state index contributed by atoms with van der Waals surface area (Å²) in [6.45, 7) is 8.33. The van der Waals surface area contributed by atoms with Crippen LogP contribution in [0.25, 0.3) is 0 Å². The van der Waals surface area contributed by atoms with E-state index in [1.54, 1.807) is 6.07 Å². The van der Waals surface area contributed by atoms with Gasteiger partial charge in [-0.2, -0.15) is 10.2 Å². The van der Waals surface area contributed by atoms with Gasteiger partial charge in [-0.15, -0.1) is 0 Å². The van der Waals surface area contributed by atoms with E-state index in [2.05, 4.69) is 16.0 Å². The third-order valence-electron chi connectivity index (χ3n) is 5.12. The van der Waals surface area contributed by atoms with E-state index in [0.29, 0.717) is 23.4 Å². The summed E-state index contributed by atoms with van der Waals surface area (Å²) >= 11 is 0. The third kappa shape index (κ3) is 2.64. The Hall–Kier alpha value is -2.55. The first-order chi connectivity index (χ1) is 11.9. The van der Waals surface area contributed by atoms with E-state index in [1.165, 1.54) is 0 Å².